The second-order valence-electron chi connectivity index (χ2n) is 6.57. The summed E-state index contributed by atoms with van der Waals surface area (Å²) >= 11 is 1.07. The second kappa shape index (κ2) is 8.93. The maximum atomic E-state index is 12.8. The van der Waals surface area contributed by atoms with Crippen LogP contribution in [0.15, 0.2) is 67.6 Å². The molecule has 0 aliphatic rings. The van der Waals surface area contributed by atoms with Gasteiger partial charge in [-0.2, -0.15) is 0 Å². The number of hydrogen-bond donors (Lipinski definition) is 2. The SMILES string of the molecule is COc1ccccc1NS(=O)(=O)c1ccc2oc(SCC(=O)Nc3cc(C)on3)nc2c1. The Hall–Kier alpha value is -3.51. The van der Waals surface area contributed by atoms with Crippen LogP contribution in [0.3, 0.4) is 0 Å². The van der Waals surface area contributed by atoms with Crippen molar-refractivity contribution in [2.24, 2.45) is 0 Å². The lowest BCUT2D eigenvalue weighted by Gasteiger charge is -2.11. The Morgan fingerprint density at radius 2 is 2.00 bits per heavy atom. The van der Waals surface area contributed by atoms with Gasteiger partial charge >= 0.3 is 0 Å². The normalized spacial score (nSPS) is 11.4. The van der Waals surface area contributed by atoms with Crippen LogP contribution in [-0.4, -0.2) is 37.3 Å². The Balaban J connectivity index is 1.47. The molecule has 12 heteroatoms. The van der Waals surface area contributed by atoms with Gasteiger partial charge in [-0.15, -0.1) is 0 Å². The van der Waals surface area contributed by atoms with Crippen LogP contribution in [0.2, 0.25) is 0 Å². The number of aryl methyl sites for hydroxylation is 1. The molecule has 0 aliphatic carbocycles. The molecule has 4 rings (SSSR count). The van der Waals surface area contributed by atoms with Crippen molar-refractivity contribution < 1.29 is 26.9 Å². The molecular formula is C20H18N4O6S2. The van der Waals surface area contributed by atoms with Crippen LogP contribution in [0.1, 0.15) is 5.76 Å². The number of amides is 1. The number of para-hydroxylation sites is 2. The van der Waals surface area contributed by atoms with Gasteiger partial charge in [0.15, 0.2) is 11.4 Å². The zero-order valence-electron chi connectivity index (χ0n) is 17.0. The molecule has 4 aromatic rings. The Morgan fingerprint density at radius 3 is 2.75 bits per heavy atom. The lowest BCUT2D eigenvalue weighted by atomic mass is 10.3. The van der Waals surface area contributed by atoms with E-state index in [1.807, 2.05) is 0 Å². The maximum absolute atomic E-state index is 12.8. The number of nitrogens with one attached hydrogen (secondary N) is 2. The van der Waals surface area contributed by atoms with Gasteiger partial charge in [0.2, 0.25) is 5.91 Å². The molecule has 0 aliphatic heterocycles. The number of methoxy groups -OCH3 is 1. The summed E-state index contributed by atoms with van der Waals surface area (Å²) in [7, 11) is -2.43. The van der Waals surface area contributed by atoms with Crippen LogP contribution >= 0.6 is 11.8 Å². The molecular weight excluding hydrogens is 456 g/mol. The van der Waals surface area contributed by atoms with Crippen molar-refractivity contribution in [1.82, 2.24) is 10.1 Å². The number of benzene rings is 2. The molecule has 0 atom stereocenters. The highest BCUT2D eigenvalue weighted by molar-refractivity contribution is 7.99. The number of oxazole rings is 1. The summed E-state index contributed by atoms with van der Waals surface area (Å²) in [6.07, 6.45) is 0. The number of carbonyl (C=O) groups excluding carboxylic acids is 1. The first-order chi connectivity index (χ1) is 15.3. The lowest BCUT2D eigenvalue weighted by Crippen LogP contribution is -2.14. The zero-order valence-corrected chi connectivity index (χ0v) is 18.6. The van der Waals surface area contributed by atoms with Crippen molar-refractivity contribution in [3.05, 3.63) is 54.3 Å². The summed E-state index contributed by atoms with van der Waals surface area (Å²) in [4.78, 5) is 16.3. The van der Waals surface area contributed by atoms with Crippen molar-refractivity contribution in [1.29, 1.82) is 0 Å². The Bertz CT molecular complexity index is 1380. The predicted molar refractivity (Wildman–Crippen MR) is 118 cm³/mol. The molecule has 0 fully saturated rings. The summed E-state index contributed by atoms with van der Waals surface area (Å²) in [6, 6.07) is 12.6. The second-order valence-corrected chi connectivity index (χ2v) is 9.18. The minimum atomic E-state index is -3.88. The van der Waals surface area contributed by atoms with Gasteiger partial charge in [0.05, 0.1) is 23.4 Å². The van der Waals surface area contributed by atoms with Crippen molar-refractivity contribution >= 4 is 50.3 Å². The Labute approximate surface area is 187 Å². The third-order valence-electron chi connectivity index (χ3n) is 4.22. The molecule has 0 bridgehead atoms. The van der Waals surface area contributed by atoms with Crippen LogP contribution in [-0.2, 0) is 14.8 Å². The van der Waals surface area contributed by atoms with Crippen LogP contribution < -0.4 is 14.8 Å². The van der Waals surface area contributed by atoms with Gasteiger partial charge in [0.1, 0.15) is 17.0 Å². The first kappa shape index (κ1) is 21.7. The van der Waals surface area contributed by atoms with E-state index in [0.717, 1.165) is 11.8 Å². The number of aromatic nitrogens is 2. The standard InChI is InChI=1S/C20H18N4O6S2/c1-12-9-18(23-30-12)22-19(25)11-31-20-21-15-10-13(7-8-17(15)29-20)32(26,27)24-14-5-3-4-6-16(14)28-2/h3-10,24H,11H2,1-2H3,(H,22,23,25). The summed E-state index contributed by atoms with van der Waals surface area (Å²) in [5.41, 5.74) is 1.07. The van der Waals surface area contributed by atoms with E-state index in [2.05, 4.69) is 20.2 Å². The molecule has 32 heavy (non-hydrogen) atoms. The molecule has 0 saturated carbocycles. The number of fused-ring (bicyclic) bond motifs is 1. The van der Waals surface area contributed by atoms with Gasteiger partial charge in [-0.3, -0.25) is 9.52 Å². The van der Waals surface area contributed by atoms with Gasteiger partial charge in [0.25, 0.3) is 15.2 Å². The largest absolute Gasteiger partial charge is 0.495 e. The van der Waals surface area contributed by atoms with Gasteiger partial charge in [-0.1, -0.05) is 29.1 Å². The van der Waals surface area contributed by atoms with E-state index in [1.54, 1.807) is 37.3 Å². The topological polar surface area (TPSA) is 137 Å². The van der Waals surface area contributed by atoms with Crippen LogP contribution in [0, 0.1) is 6.92 Å². The highest BCUT2D eigenvalue weighted by Crippen LogP contribution is 2.29. The summed E-state index contributed by atoms with van der Waals surface area (Å²) in [5.74, 6) is 1.02. The number of hydrogen-bond acceptors (Lipinski definition) is 9. The summed E-state index contributed by atoms with van der Waals surface area (Å²) < 4.78 is 43.8. The molecule has 166 valence electrons. The average Bonchev–Trinajstić information content (AvgIpc) is 3.37. The Morgan fingerprint density at radius 1 is 1.19 bits per heavy atom. The van der Waals surface area contributed by atoms with E-state index in [1.165, 1.54) is 25.3 Å². The number of ether oxygens (including phenoxy) is 1. The summed E-state index contributed by atoms with van der Waals surface area (Å²) in [5, 5.41) is 6.52. The van der Waals surface area contributed by atoms with Crippen LogP contribution in [0.4, 0.5) is 11.5 Å². The number of anilines is 2. The zero-order chi connectivity index (χ0) is 22.7. The first-order valence-corrected chi connectivity index (χ1v) is 11.7. The van der Waals surface area contributed by atoms with Gasteiger partial charge in [-0.25, -0.2) is 13.4 Å². The molecule has 0 unspecified atom stereocenters. The Kier molecular flexibility index (Phi) is 6.06. The minimum Gasteiger partial charge on any atom is -0.495 e. The number of thioether (sulfide) groups is 1. The molecule has 0 radical (unpaired) electrons. The summed E-state index contributed by atoms with van der Waals surface area (Å²) in [6.45, 7) is 1.72. The van der Waals surface area contributed by atoms with Crippen LogP contribution in [0.25, 0.3) is 11.1 Å². The van der Waals surface area contributed by atoms with E-state index in [9.17, 15) is 13.2 Å². The first-order valence-electron chi connectivity index (χ1n) is 9.26. The van der Waals surface area contributed by atoms with E-state index >= 15 is 0 Å². The third-order valence-corrected chi connectivity index (χ3v) is 6.41. The highest BCUT2D eigenvalue weighted by Gasteiger charge is 2.19. The molecule has 2 aromatic carbocycles. The molecule has 2 heterocycles. The third kappa shape index (κ3) is 4.86. The van der Waals surface area contributed by atoms with E-state index in [-0.39, 0.29) is 21.8 Å². The van der Waals surface area contributed by atoms with Crippen molar-refractivity contribution in [2.45, 2.75) is 17.0 Å². The molecule has 2 N–H and O–H groups in total. The van der Waals surface area contributed by atoms with E-state index in [0.29, 0.717) is 34.1 Å². The molecule has 2 aromatic heterocycles. The van der Waals surface area contributed by atoms with Crippen molar-refractivity contribution in [3.63, 3.8) is 0 Å². The van der Waals surface area contributed by atoms with E-state index in [4.69, 9.17) is 13.7 Å². The predicted octanol–water partition coefficient (Wildman–Crippen LogP) is 3.66. The smallest absolute Gasteiger partial charge is 0.262 e. The molecule has 0 saturated heterocycles. The fourth-order valence-corrected chi connectivity index (χ4v) is 4.51. The minimum absolute atomic E-state index is 0.0138. The van der Waals surface area contributed by atoms with Crippen molar-refractivity contribution in [3.8, 4) is 5.75 Å². The quantitative estimate of drug-likeness (QED) is 0.366. The molecule has 10 nitrogen and oxygen atoms in total. The van der Waals surface area contributed by atoms with Crippen LogP contribution in [0.5, 0.6) is 5.75 Å². The fourth-order valence-electron chi connectivity index (χ4n) is 2.78. The lowest BCUT2D eigenvalue weighted by molar-refractivity contribution is -0.113. The van der Waals surface area contributed by atoms with E-state index < -0.39 is 10.0 Å². The monoisotopic (exact) mass is 474 g/mol. The van der Waals surface area contributed by atoms with Gasteiger partial charge in [0, 0.05) is 6.07 Å². The van der Waals surface area contributed by atoms with Gasteiger partial charge in [-0.05, 0) is 37.3 Å². The number of carbonyl (C=O) groups is 1. The fraction of sp³-hybridized carbons (Fsp3) is 0.150. The molecule has 1 amide bonds. The maximum Gasteiger partial charge on any atom is 0.262 e. The average molecular weight is 475 g/mol. The number of sulfonamides is 1. The highest BCUT2D eigenvalue weighted by atomic mass is 32.2. The number of rotatable bonds is 8. The van der Waals surface area contributed by atoms with Crippen molar-refractivity contribution in [2.75, 3.05) is 22.9 Å². The molecule has 0 spiro atoms. The number of nitrogens with zero attached hydrogens (tertiary/aromatic N) is 2. The van der Waals surface area contributed by atoms with Gasteiger partial charge < -0.3 is 19.0 Å².